The van der Waals surface area contributed by atoms with Crippen molar-refractivity contribution < 1.29 is 9.13 Å². The van der Waals surface area contributed by atoms with Crippen molar-refractivity contribution in [1.82, 2.24) is 4.98 Å². The van der Waals surface area contributed by atoms with Gasteiger partial charge >= 0.3 is 0 Å². The monoisotopic (exact) mass is 296 g/mol. The molecule has 2 rings (SSSR count). The Morgan fingerprint density at radius 2 is 2.18 bits per heavy atom. The number of hydrogen-bond acceptors (Lipinski definition) is 3. The molecule has 0 saturated carbocycles. The van der Waals surface area contributed by atoms with Gasteiger partial charge in [0.15, 0.2) is 5.82 Å². The van der Waals surface area contributed by atoms with Crippen LogP contribution in [0.15, 0.2) is 41.0 Å². The summed E-state index contributed by atoms with van der Waals surface area (Å²) in [7, 11) is 0. The molecule has 0 aliphatic rings. The van der Waals surface area contributed by atoms with Gasteiger partial charge in [-0.3, -0.25) is 0 Å². The second kappa shape index (κ2) is 5.25. The van der Waals surface area contributed by atoms with Gasteiger partial charge in [-0.1, -0.05) is 15.9 Å². The standard InChI is InChI=1S/C12H10BrFN2O/c13-9-3-4-11(8(6-9)7-15)17-12-10(14)2-1-5-16-12/h1-6H,7,15H2. The molecule has 0 unspecified atom stereocenters. The van der Waals surface area contributed by atoms with Crippen molar-refractivity contribution in [3.8, 4) is 11.6 Å². The first-order chi connectivity index (χ1) is 8.20. The van der Waals surface area contributed by atoms with E-state index in [0.717, 1.165) is 10.0 Å². The minimum absolute atomic E-state index is 0.0514. The van der Waals surface area contributed by atoms with Crippen molar-refractivity contribution in [2.45, 2.75) is 6.54 Å². The van der Waals surface area contributed by atoms with Crippen LogP contribution in [0, 0.1) is 5.82 Å². The van der Waals surface area contributed by atoms with Crippen LogP contribution >= 0.6 is 15.9 Å². The maximum atomic E-state index is 13.4. The van der Waals surface area contributed by atoms with Crippen molar-refractivity contribution in [2.24, 2.45) is 5.73 Å². The summed E-state index contributed by atoms with van der Waals surface area (Å²) in [6.07, 6.45) is 1.47. The van der Waals surface area contributed by atoms with Crippen molar-refractivity contribution in [1.29, 1.82) is 0 Å². The molecule has 0 aliphatic heterocycles. The third-order valence-corrected chi connectivity index (χ3v) is 2.67. The maximum Gasteiger partial charge on any atom is 0.255 e. The zero-order chi connectivity index (χ0) is 12.3. The van der Waals surface area contributed by atoms with Gasteiger partial charge in [0, 0.05) is 22.8 Å². The lowest BCUT2D eigenvalue weighted by Crippen LogP contribution is -2.00. The van der Waals surface area contributed by atoms with Crippen LogP contribution in [0.3, 0.4) is 0 Å². The summed E-state index contributed by atoms with van der Waals surface area (Å²) in [6.45, 7) is 0.309. The van der Waals surface area contributed by atoms with Gasteiger partial charge in [0.25, 0.3) is 5.88 Å². The van der Waals surface area contributed by atoms with E-state index in [1.165, 1.54) is 18.3 Å². The number of benzene rings is 1. The molecule has 0 aliphatic carbocycles. The predicted molar refractivity (Wildman–Crippen MR) is 66.3 cm³/mol. The first-order valence-corrected chi connectivity index (χ1v) is 5.77. The molecule has 0 spiro atoms. The van der Waals surface area contributed by atoms with E-state index in [2.05, 4.69) is 20.9 Å². The minimum Gasteiger partial charge on any atom is -0.436 e. The third kappa shape index (κ3) is 2.81. The molecule has 0 bridgehead atoms. The molecule has 2 N–H and O–H groups in total. The van der Waals surface area contributed by atoms with Crippen LogP contribution < -0.4 is 10.5 Å². The second-order valence-corrected chi connectivity index (χ2v) is 4.26. The molecule has 2 aromatic rings. The number of hydrogen-bond donors (Lipinski definition) is 1. The number of rotatable bonds is 3. The van der Waals surface area contributed by atoms with E-state index in [9.17, 15) is 4.39 Å². The lowest BCUT2D eigenvalue weighted by molar-refractivity contribution is 0.418. The molecule has 0 atom stereocenters. The van der Waals surface area contributed by atoms with Crippen LogP contribution in [0.2, 0.25) is 0 Å². The highest BCUT2D eigenvalue weighted by molar-refractivity contribution is 9.10. The third-order valence-electron chi connectivity index (χ3n) is 2.17. The van der Waals surface area contributed by atoms with Crippen LogP contribution in [0.1, 0.15) is 5.56 Å². The Kier molecular flexibility index (Phi) is 3.71. The van der Waals surface area contributed by atoms with Gasteiger partial charge in [0.05, 0.1) is 0 Å². The van der Waals surface area contributed by atoms with Gasteiger partial charge in [-0.05, 0) is 30.3 Å². The van der Waals surface area contributed by atoms with Gasteiger partial charge in [-0.15, -0.1) is 0 Å². The largest absolute Gasteiger partial charge is 0.436 e. The van der Waals surface area contributed by atoms with E-state index in [1.54, 1.807) is 12.1 Å². The molecule has 88 valence electrons. The van der Waals surface area contributed by atoms with Gasteiger partial charge in [-0.2, -0.15) is 0 Å². The van der Waals surface area contributed by atoms with Crippen LogP contribution in [-0.4, -0.2) is 4.98 Å². The van der Waals surface area contributed by atoms with E-state index >= 15 is 0 Å². The summed E-state index contributed by atoms with van der Waals surface area (Å²) in [5, 5.41) is 0. The number of aromatic nitrogens is 1. The molecule has 0 saturated heterocycles. The smallest absolute Gasteiger partial charge is 0.255 e. The minimum atomic E-state index is -0.501. The van der Waals surface area contributed by atoms with E-state index in [1.807, 2.05) is 6.07 Å². The zero-order valence-corrected chi connectivity index (χ0v) is 10.4. The number of nitrogens with zero attached hydrogens (tertiary/aromatic N) is 1. The van der Waals surface area contributed by atoms with Crippen molar-refractivity contribution in [3.05, 3.63) is 52.4 Å². The average Bonchev–Trinajstić information content (AvgIpc) is 2.34. The molecule has 17 heavy (non-hydrogen) atoms. The molecule has 1 aromatic heterocycles. The summed E-state index contributed by atoms with van der Waals surface area (Å²) in [4.78, 5) is 3.82. The predicted octanol–water partition coefficient (Wildman–Crippen LogP) is 3.23. The first kappa shape index (κ1) is 12.0. The molecule has 1 aromatic carbocycles. The topological polar surface area (TPSA) is 48.1 Å². The van der Waals surface area contributed by atoms with Crippen LogP contribution in [0.5, 0.6) is 11.6 Å². The Morgan fingerprint density at radius 1 is 1.35 bits per heavy atom. The van der Waals surface area contributed by atoms with Crippen molar-refractivity contribution in [2.75, 3.05) is 0 Å². The molecule has 0 fully saturated rings. The summed E-state index contributed by atoms with van der Waals surface area (Å²) in [5.41, 5.74) is 6.38. The maximum absolute atomic E-state index is 13.4. The van der Waals surface area contributed by atoms with E-state index in [0.29, 0.717) is 12.3 Å². The van der Waals surface area contributed by atoms with Gasteiger partial charge in [-0.25, -0.2) is 9.37 Å². The zero-order valence-electron chi connectivity index (χ0n) is 8.86. The fourth-order valence-corrected chi connectivity index (χ4v) is 1.77. The van der Waals surface area contributed by atoms with E-state index in [-0.39, 0.29) is 5.88 Å². The summed E-state index contributed by atoms with van der Waals surface area (Å²) in [5.74, 6) is -0.0452. The molecule has 0 amide bonds. The molecule has 1 heterocycles. The number of halogens is 2. The normalized spacial score (nSPS) is 10.3. The Hall–Kier alpha value is -1.46. The number of ether oxygens (including phenoxy) is 1. The number of nitrogens with two attached hydrogens (primary N) is 1. The molecule has 5 heteroatoms. The van der Waals surface area contributed by atoms with Crippen molar-refractivity contribution >= 4 is 15.9 Å². The molecule has 0 radical (unpaired) electrons. The molecular formula is C12H10BrFN2O. The Morgan fingerprint density at radius 3 is 2.88 bits per heavy atom. The number of pyridine rings is 1. The van der Waals surface area contributed by atoms with Crippen molar-refractivity contribution in [3.63, 3.8) is 0 Å². The van der Waals surface area contributed by atoms with E-state index in [4.69, 9.17) is 10.5 Å². The quantitative estimate of drug-likeness (QED) is 0.946. The lowest BCUT2D eigenvalue weighted by atomic mass is 10.2. The first-order valence-electron chi connectivity index (χ1n) is 4.97. The summed E-state index contributed by atoms with van der Waals surface area (Å²) < 4.78 is 19.7. The van der Waals surface area contributed by atoms with Crippen LogP contribution in [0.25, 0.3) is 0 Å². The summed E-state index contributed by atoms with van der Waals surface area (Å²) in [6, 6.07) is 8.16. The molecule has 3 nitrogen and oxygen atoms in total. The van der Waals surface area contributed by atoms with Crippen LogP contribution in [0.4, 0.5) is 4.39 Å². The lowest BCUT2D eigenvalue weighted by Gasteiger charge is -2.09. The van der Waals surface area contributed by atoms with Gasteiger partial charge in [0.2, 0.25) is 0 Å². The van der Waals surface area contributed by atoms with Crippen LogP contribution in [-0.2, 0) is 6.54 Å². The fourth-order valence-electron chi connectivity index (χ4n) is 1.36. The SMILES string of the molecule is NCc1cc(Br)ccc1Oc1ncccc1F. The fraction of sp³-hybridized carbons (Fsp3) is 0.0833. The second-order valence-electron chi connectivity index (χ2n) is 3.35. The van der Waals surface area contributed by atoms with E-state index < -0.39 is 5.82 Å². The van der Waals surface area contributed by atoms with Gasteiger partial charge < -0.3 is 10.5 Å². The highest BCUT2D eigenvalue weighted by Crippen LogP contribution is 2.27. The Bertz CT molecular complexity index is 534. The average molecular weight is 297 g/mol. The summed E-state index contributed by atoms with van der Waals surface area (Å²) >= 11 is 3.34. The van der Waals surface area contributed by atoms with Gasteiger partial charge in [0.1, 0.15) is 5.75 Å². The highest BCUT2D eigenvalue weighted by Gasteiger charge is 2.08. The Labute approximate surface area is 107 Å². The Balaban J connectivity index is 2.33. The molecular weight excluding hydrogens is 287 g/mol. The highest BCUT2D eigenvalue weighted by atomic mass is 79.9.